The quantitative estimate of drug-likeness (QED) is 0.706. The van der Waals surface area contributed by atoms with E-state index in [0.29, 0.717) is 11.2 Å². The Morgan fingerprint density at radius 3 is 1.95 bits per heavy atom. The average Bonchev–Trinajstić information content (AvgIpc) is 2.27. The molecule has 0 unspecified atom stereocenters. The summed E-state index contributed by atoms with van der Waals surface area (Å²) < 4.78 is 21.9. The fraction of sp³-hybridized carbons (Fsp3) is 1.00. The van der Waals surface area contributed by atoms with E-state index >= 15 is 0 Å². The second-order valence-corrected chi connectivity index (χ2v) is 9.32. The van der Waals surface area contributed by atoms with Crippen LogP contribution in [0.2, 0.25) is 0 Å². The van der Waals surface area contributed by atoms with Gasteiger partial charge in [-0.3, -0.25) is 0 Å². The molecule has 4 heteroatoms. The number of likely N-dealkylation sites (tertiary alicyclic amines) is 1. The summed E-state index contributed by atoms with van der Waals surface area (Å²) in [6.07, 6.45) is 9.55. The molecule has 0 radical (unpaired) electrons. The molecule has 0 N–H and O–H groups in total. The first-order chi connectivity index (χ1) is 9.30. The first-order valence-electron chi connectivity index (χ1n) is 8.20. The van der Waals surface area contributed by atoms with Crippen LogP contribution in [0.15, 0.2) is 0 Å². The lowest BCUT2D eigenvalue weighted by Gasteiger charge is -2.58. The smallest absolute Gasteiger partial charge is 0.148 e. The van der Waals surface area contributed by atoms with Gasteiger partial charge < -0.3 is 4.90 Å². The van der Waals surface area contributed by atoms with E-state index in [4.69, 9.17) is 0 Å². The van der Waals surface area contributed by atoms with Crippen molar-refractivity contribution in [1.29, 1.82) is 0 Å². The van der Waals surface area contributed by atoms with Crippen molar-refractivity contribution in [3.8, 4) is 0 Å². The Morgan fingerprint density at radius 2 is 1.60 bits per heavy atom. The SMILES string of the molecule is CC1CC2(C1)CN(CCS(C)(=O)=O)C2.CCCCCC. The summed E-state index contributed by atoms with van der Waals surface area (Å²) in [6.45, 7) is 9.75. The number of unbranched alkanes of at least 4 members (excludes halogenated alkanes) is 3. The topological polar surface area (TPSA) is 37.4 Å². The Kier molecular flexibility index (Phi) is 6.99. The van der Waals surface area contributed by atoms with Gasteiger partial charge in [-0.15, -0.1) is 0 Å². The van der Waals surface area contributed by atoms with E-state index in [1.54, 1.807) is 0 Å². The van der Waals surface area contributed by atoms with Crippen LogP contribution in [-0.2, 0) is 9.84 Å². The van der Waals surface area contributed by atoms with Crippen molar-refractivity contribution in [1.82, 2.24) is 4.90 Å². The minimum atomic E-state index is -2.77. The third kappa shape index (κ3) is 6.13. The third-order valence-corrected chi connectivity index (χ3v) is 5.34. The lowest BCUT2D eigenvalue weighted by atomic mass is 9.58. The molecule has 0 aromatic carbocycles. The van der Waals surface area contributed by atoms with Crippen LogP contribution in [0, 0.1) is 11.3 Å². The van der Waals surface area contributed by atoms with Crippen LogP contribution in [0.3, 0.4) is 0 Å². The lowest BCUT2D eigenvalue weighted by Crippen LogP contribution is -2.62. The van der Waals surface area contributed by atoms with E-state index in [1.165, 1.54) is 44.8 Å². The molecule has 1 aliphatic heterocycles. The van der Waals surface area contributed by atoms with Crippen molar-refractivity contribution >= 4 is 9.84 Å². The molecule has 2 fully saturated rings. The van der Waals surface area contributed by atoms with Gasteiger partial charge in [-0.2, -0.15) is 0 Å². The van der Waals surface area contributed by atoms with Crippen molar-refractivity contribution in [2.45, 2.75) is 59.3 Å². The van der Waals surface area contributed by atoms with Crippen molar-refractivity contribution in [3.05, 3.63) is 0 Å². The summed E-state index contributed by atoms with van der Waals surface area (Å²) in [7, 11) is -2.77. The highest BCUT2D eigenvalue weighted by atomic mass is 32.2. The fourth-order valence-electron chi connectivity index (χ4n) is 3.53. The van der Waals surface area contributed by atoms with Crippen LogP contribution in [-0.4, -0.2) is 45.0 Å². The van der Waals surface area contributed by atoms with Crippen LogP contribution >= 0.6 is 0 Å². The number of hydrogen-bond acceptors (Lipinski definition) is 3. The predicted octanol–water partition coefficient (Wildman–Crippen LogP) is 3.35. The maximum atomic E-state index is 10.9. The first kappa shape index (κ1) is 18.0. The van der Waals surface area contributed by atoms with Gasteiger partial charge in [-0.25, -0.2) is 8.42 Å². The molecule has 2 aliphatic rings. The molecule has 1 saturated carbocycles. The maximum Gasteiger partial charge on any atom is 0.148 e. The van der Waals surface area contributed by atoms with Crippen LogP contribution < -0.4 is 0 Å². The molecule has 0 atom stereocenters. The average molecular weight is 304 g/mol. The van der Waals surface area contributed by atoms with Gasteiger partial charge in [0.05, 0.1) is 5.75 Å². The largest absolute Gasteiger partial charge is 0.301 e. The summed E-state index contributed by atoms with van der Waals surface area (Å²) in [5, 5.41) is 0. The van der Waals surface area contributed by atoms with Gasteiger partial charge in [0.2, 0.25) is 0 Å². The summed E-state index contributed by atoms with van der Waals surface area (Å²) in [5.41, 5.74) is 0.594. The maximum absolute atomic E-state index is 10.9. The Balaban J connectivity index is 0.000000286. The number of sulfone groups is 1. The molecule has 1 heterocycles. The second-order valence-electron chi connectivity index (χ2n) is 7.06. The summed E-state index contributed by atoms with van der Waals surface area (Å²) in [5.74, 6) is 1.21. The molecule has 120 valence electrons. The molecular formula is C16H33NO2S. The van der Waals surface area contributed by atoms with Crippen molar-refractivity contribution in [2.24, 2.45) is 11.3 Å². The molecule has 0 aromatic rings. The van der Waals surface area contributed by atoms with E-state index in [0.717, 1.165) is 25.6 Å². The van der Waals surface area contributed by atoms with E-state index < -0.39 is 9.84 Å². The zero-order valence-corrected chi connectivity index (χ0v) is 14.6. The Labute approximate surface area is 126 Å². The van der Waals surface area contributed by atoms with Gasteiger partial charge in [0.25, 0.3) is 0 Å². The third-order valence-electron chi connectivity index (χ3n) is 4.42. The lowest BCUT2D eigenvalue weighted by molar-refractivity contribution is -0.0859. The molecule has 0 aromatic heterocycles. The van der Waals surface area contributed by atoms with Gasteiger partial charge >= 0.3 is 0 Å². The van der Waals surface area contributed by atoms with E-state index in [1.807, 2.05) is 0 Å². The van der Waals surface area contributed by atoms with Crippen LogP contribution in [0.1, 0.15) is 59.3 Å². The van der Waals surface area contributed by atoms with Crippen LogP contribution in [0.4, 0.5) is 0 Å². The molecule has 1 spiro atoms. The fourth-order valence-corrected chi connectivity index (χ4v) is 4.12. The summed E-state index contributed by atoms with van der Waals surface area (Å²) >= 11 is 0. The van der Waals surface area contributed by atoms with E-state index in [-0.39, 0.29) is 0 Å². The monoisotopic (exact) mass is 303 g/mol. The summed E-state index contributed by atoms with van der Waals surface area (Å²) in [6, 6.07) is 0. The molecule has 1 saturated heterocycles. The first-order valence-corrected chi connectivity index (χ1v) is 10.3. The van der Waals surface area contributed by atoms with Gasteiger partial charge in [-0.1, -0.05) is 46.5 Å². The normalized spacial score (nSPS) is 21.8. The summed E-state index contributed by atoms with van der Waals surface area (Å²) in [4.78, 5) is 2.27. The zero-order valence-electron chi connectivity index (χ0n) is 13.8. The molecule has 0 amide bonds. The minimum absolute atomic E-state index is 0.318. The number of nitrogens with zero attached hydrogens (tertiary/aromatic N) is 1. The highest BCUT2D eigenvalue weighted by Crippen LogP contribution is 2.51. The molecule has 2 rings (SSSR count). The van der Waals surface area contributed by atoms with Gasteiger partial charge in [0.1, 0.15) is 9.84 Å². The molecule has 0 bridgehead atoms. The molecule has 3 nitrogen and oxygen atoms in total. The number of rotatable bonds is 6. The van der Waals surface area contributed by atoms with Gasteiger partial charge in [0.15, 0.2) is 0 Å². The van der Waals surface area contributed by atoms with Crippen molar-refractivity contribution < 1.29 is 8.42 Å². The Morgan fingerprint density at radius 1 is 1.10 bits per heavy atom. The Bertz CT molecular complexity index is 360. The highest BCUT2D eigenvalue weighted by molar-refractivity contribution is 7.90. The minimum Gasteiger partial charge on any atom is -0.301 e. The number of hydrogen-bond donors (Lipinski definition) is 0. The predicted molar refractivity (Wildman–Crippen MR) is 86.8 cm³/mol. The van der Waals surface area contributed by atoms with Crippen molar-refractivity contribution in [2.75, 3.05) is 31.6 Å². The highest BCUT2D eigenvalue weighted by Gasteiger charge is 2.50. The van der Waals surface area contributed by atoms with Gasteiger partial charge in [0, 0.05) is 25.9 Å². The molecular weight excluding hydrogens is 270 g/mol. The van der Waals surface area contributed by atoms with E-state index in [2.05, 4.69) is 25.7 Å². The molecule has 1 aliphatic carbocycles. The van der Waals surface area contributed by atoms with E-state index in [9.17, 15) is 8.42 Å². The van der Waals surface area contributed by atoms with Gasteiger partial charge in [-0.05, 0) is 24.2 Å². The Hall–Kier alpha value is -0.0900. The molecule has 20 heavy (non-hydrogen) atoms. The standard InChI is InChI=1S/C10H19NO2S.C6H14/c1-9-5-10(6-9)7-11(8-10)3-4-14(2,12)13;1-3-5-6-4-2/h9H,3-8H2,1-2H3;3-6H2,1-2H3. The zero-order chi connectivity index (χ0) is 15.2. The van der Waals surface area contributed by atoms with Crippen LogP contribution in [0.25, 0.3) is 0 Å². The second kappa shape index (κ2) is 7.79. The van der Waals surface area contributed by atoms with Crippen molar-refractivity contribution in [3.63, 3.8) is 0 Å². The van der Waals surface area contributed by atoms with Crippen LogP contribution in [0.5, 0.6) is 0 Å².